The zero-order chi connectivity index (χ0) is 30.2. The van der Waals surface area contributed by atoms with Gasteiger partial charge in [-0.3, -0.25) is 4.79 Å². The van der Waals surface area contributed by atoms with Crippen LogP contribution in [0.3, 0.4) is 0 Å². The maximum atomic E-state index is 13.5. The topological polar surface area (TPSA) is 68.8 Å². The number of carbonyl (C=O) groups is 1. The molecular weight excluding hydrogens is 533 g/mol. The minimum absolute atomic E-state index is 0.191. The molecule has 6 nitrogen and oxygen atoms in total. The number of methoxy groups -OCH3 is 1. The summed E-state index contributed by atoms with van der Waals surface area (Å²) in [5, 5.41) is 6.74. The van der Waals surface area contributed by atoms with Gasteiger partial charge in [-0.25, -0.2) is 0 Å². The van der Waals surface area contributed by atoms with E-state index in [9.17, 15) is 4.79 Å². The number of para-hydroxylation sites is 1. The van der Waals surface area contributed by atoms with Gasteiger partial charge in [0.2, 0.25) is 0 Å². The average molecular weight is 585 g/mol. The van der Waals surface area contributed by atoms with Crippen molar-refractivity contribution in [2.75, 3.05) is 17.7 Å². The number of fused-ring (bicyclic) bond motifs is 2. The molecule has 1 amide bonds. The zero-order valence-electron chi connectivity index (χ0n) is 27.0. The van der Waals surface area contributed by atoms with Gasteiger partial charge in [0.1, 0.15) is 22.9 Å². The Morgan fingerprint density at radius 3 is 1.60 bits per heavy atom. The maximum absolute atomic E-state index is 13.5. The normalized spacial score (nSPS) is 13.9. The van der Waals surface area contributed by atoms with E-state index in [1.165, 1.54) is 0 Å². The average Bonchev–Trinajstić information content (AvgIpc) is 3.00. The van der Waals surface area contributed by atoms with Gasteiger partial charge in [-0.2, -0.15) is 0 Å². The molecule has 40 heavy (non-hydrogen) atoms. The summed E-state index contributed by atoms with van der Waals surface area (Å²) >= 11 is 0. The van der Waals surface area contributed by atoms with E-state index < -0.39 is 16.6 Å². The molecule has 0 bridgehead atoms. The Morgan fingerprint density at radius 1 is 0.625 bits per heavy atom. The second kappa shape index (κ2) is 12.2. The predicted molar refractivity (Wildman–Crippen MR) is 174 cm³/mol. The number of anilines is 3. The number of benzene rings is 2. The summed E-state index contributed by atoms with van der Waals surface area (Å²) in [7, 11) is -2.99. The monoisotopic (exact) mass is 584 g/mol. The van der Waals surface area contributed by atoms with Crippen molar-refractivity contribution in [3.05, 3.63) is 35.9 Å². The fraction of sp³-hybridized carbons (Fsp3) is 0.594. The number of carbonyl (C=O) groups excluding carboxylic acids is 1. The largest absolute Gasteiger partial charge is 0.543 e. The molecule has 1 aliphatic rings. The first kappa shape index (κ1) is 32.1. The summed E-state index contributed by atoms with van der Waals surface area (Å²) in [5.41, 5.74) is 4.94. The summed E-state index contributed by atoms with van der Waals surface area (Å²) in [6.45, 7) is 27.4. The zero-order valence-corrected chi connectivity index (χ0v) is 29.0. The lowest BCUT2D eigenvalue weighted by molar-refractivity contribution is 0.102. The lowest BCUT2D eigenvalue weighted by atomic mass is 10.1. The van der Waals surface area contributed by atoms with Gasteiger partial charge in [0.15, 0.2) is 0 Å². The number of amides is 1. The van der Waals surface area contributed by atoms with Crippen molar-refractivity contribution in [1.29, 1.82) is 0 Å². The smallest absolute Gasteiger partial charge is 0.258 e. The molecule has 0 saturated heterocycles. The lowest BCUT2D eigenvalue weighted by Gasteiger charge is -2.44. The molecule has 2 N–H and O–H groups in total. The van der Waals surface area contributed by atoms with Crippen molar-refractivity contribution in [2.45, 2.75) is 116 Å². The third kappa shape index (κ3) is 5.53. The molecule has 1 heterocycles. The highest BCUT2D eigenvalue weighted by Gasteiger charge is 2.49. The van der Waals surface area contributed by atoms with E-state index in [1.54, 1.807) is 7.11 Å². The van der Waals surface area contributed by atoms with Gasteiger partial charge in [0, 0.05) is 12.1 Å². The van der Waals surface area contributed by atoms with Crippen LogP contribution in [0.25, 0.3) is 0 Å². The Morgan fingerprint density at radius 2 is 1.12 bits per heavy atom. The molecule has 0 atom stereocenters. The van der Waals surface area contributed by atoms with Crippen LogP contribution in [0.1, 0.15) is 93.4 Å². The van der Waals surface area contributed by atoms with Crippen LogP contribution in [0.15, 0.2) is 30.3 Å². The third-order valence-corrected chi connectivity index (χ3v) is 21.1. The van der Waals surface area contributed by atoms with Crippen LogP contribution < -0.4 is 24.2 Å². The second-order valence-electron chi connectivity index (χ2n) is 13.1. The molecule has 2 aromatic carbocycles. The first-order chi connectivity index (χ1) is 18.6. The molecular formula is C32H52N2O4Si2. The van der Waals surface area contributed by atoms with Crippen molar-refractivity contribution in [1.82, 2.24) is 0 Å². The van der Waals surface area contributed by atoms with E-state index in [4.69, 9.17) is 13.6 Å². The Labute approximate surface area is 244 Å². The standard InChI is InChI=1S/C32H52N2O4Si2/c1-19(2)39(20(3)4,21(5)6)37-25-17-27-31(29(18-25)38-40(22(7)8,23(9)10)24(11)12)34-30-26(32(35)33-27)15-14-16-28(30)36-13/h14-24,34H,1-13H3,(H,33,35). The third-order valence-electron chi connectivity index (χ3n) is 9.06. The van der Waals surface area contributed by atoms with E-state index in [1.807, 2.05) is 24.3 Å². The summed E-state index contributed by atoms with van der Waals surface area (Å²) in [6, 6.07) is 9.56. The highest BCUT2D eigenvalue weighted by Crippen LogP contribution is 2.51. The van der Waals surface area contributed by atoms with Gasteiger partial charge in [0.25, 0.3) is 22.5 Å². The Hall–Kier alpha value is -2.46. The van der Waals surface area contributed by atoms with Gasteiger partial charge in [-0.05, 0) is 45.4 Å². The minimum Gasteiger partial charge on any atom is -0.543 e. The van der Waals surface area contributed by atoms with Crippen LogP contribution in [0.5, 0.6) is 17.2 Å². The Bertz CT molecular complexity index is 1160. The van der Waals surface area contributed by atoms with Gasteiger partial charge in [-0.15, -0.1) is 0 Å². The van der Waals surface area contributed by atoms with E-state index in [-0.39, 0.29) is 5.91 Å². The fourth-order valence-electron chi connectivity index (χ4n) is 7.39. The molecule has 3 rings (SSSR count). The van der Waals surface area contributed by atoms with E-state index in [0.717, 1.165) is 17.2 Å². The first-order valence-electron chi connectivity index (χ1n) is 14.9. The number of nitrogens with one attached hydrogen (secondary N) is 2. The number of hydrogen-bond donors (Lipinski definition) is 2. The van der Waals surface area contributed by atoms with Crippen molar-refractivity contribution in [3.63, 3.8) is 0 Å². The molecule has 0 saturated carbocycles. The van der Waals surface area contributed by atoms with Gasteiger partial charge in [-0.1, -0.05) is 89.2 Å². The van der Waals surface area contributed by atoms with Crippen LogP contribution in [0, 0.1) is 0 Å². The number of hydrogen-bond acceptors (Lipinski definition) is 5. The van der Waals surface area contributed by atoms with Gasteiger partial charge >= 0.3 is 0 Å². The minimum atomic E-state index is -2.35. The molecule has 0 fully saturated rings. The quantitative estimate of drug-likeness (QED) is 0.257. The first-order valence-corrected chi connectivity index (χ1v) is 19.2. The van der Waals surface area contributed by atoms with Gasteiger partial charge < -0.3 is 24.2 Å². The second-order valence-corrected chi connectivity index (χ2v) is 23.9. The van der Waals surface area contributed by atoms with E-state index >= 15 is 0 Å². The molecule has 1 aliphatic heterocycles. The van der Waals surface area contributed by atoms with E-state index in [2.05, 4.69) is 99.8 Å². The molecule has 8 heteroatoms. The number of ether oxygens (including phenoxy) is 1. The van der Waals surface area contributed by atoms with Gasteiger partial charge in [0.05, 0.1) is 24.0 Å². The Kier molecular flexibility index (Phi) is 9.77. The maximum Gasteiger partial charge on any atom is 0.258 e. The summed E-state index contributed by atoms with van der Waals surface area (Å²) in [5.74, 6) is 1.91. The molecule has 0 spiro atoms. The van der Waals surface area contributed by atoms with Crippen LogP contribution >= 0.6 is 0 Å². The van der Waals surface area contributed by atoms with Crippen molar-refractivity contribution < 1.29 is 18.4 Å². The summed E-state index contributed by atoms with van der Waals surface area (Å²) < 4.78 is 20.1. The molecule has 0 aliphatic carbocycles. The highest BCUT2D eigenvalue weighted by molar-refractivity contribution is 6.79. The molecule has 0 unspecified atom stereocenters. The highest BCUT2D eigenvalue weighted by atomic mass is 28.4. The SMILES string of the molecule is COc1cccc2c1Nc1c(cc(O[Si](C(C)C)(C(C)C)C(C)C)cc1O[Si](C(C)C)(C(C)C)C(C)C)NC2=O. The summed E-state index contributed by atoms with van der Waals surface area (Å²) in [6.07, 6.45) is 0. The van der Waals surface area contributed by atoms with Crippen molar-refractivity contribution in [2.24, 2.45) is 0 Å². The van der Waals surface area contributed by atoms with Crippen LogP contribution in [-0.4, -0.2) is 29.7 Å². The number of rotatable bonds is 11. The lowest BCUT2D eigenvalue weighted by Crippen LogP contribution is -2.51. The van der Waals surface area contributed by atoms with Crippen LogP contribution in [-0.2, 0) is 0 Å². The predicted octanol–water partition coefficient (Wildman–Crippen LogP) is 10.1. The summed E-state index contributed by atoms with van der Waals surface area (Å²) in [4.78, 5) is 13.5. The van der Waals surface area contributed by atoms with E-state index in [0.29, 0.717) is 55.9 Å². The van der Waals surface area contributed by atoms with Crippen molar-refractivity contribution >= 4 is 39.6 Å². The van der Waals surface area contributed by atoms with Crippen LogP contribution in [0.4, 0.5) is 17.1 Å². The Balaban J connectivity index is 2.33. The molecule has 0 aromatic heterocycles. The molecule has 2 aromatic rings. The molecule has 0 radical (unpaired) electrons. The van der Waals surface area contributed by atoms with Crippen LogP contribution in [0.2, 0.25) is 33.2 Å². The van der Waals surface area contributed by atoms with Crippen molar-refractivity contribution in [3.8, 4) is 17.2 Å². The molecule has 222 valence electrons. The fourth-order valence-corrected chi connectivity index (χ4v) is 17.9.